The summed E-state index contributed by atoms with van der Waals surface area (Å²) in [5.74, 6) is -0.0994. The second kappa shape index (κ2) is 4.15. The maximum Gasteiger partial charge on any atom is 0.195 e. The predicted octanol–water partition coefficient (Wildman–Crippen LogP) is 2.41. The molecular formula is C17H23NO2. The third kappa shape index (κ3) is 1.51. The molecule has 3 nitrogen and oxygen atoms in total. The fourth-order valence-corrected chi connectivity index (χ4v) is 4.01. The standard InChI is InChI=1S/C17H23NO2/c1-10-9-13-14(12(10)5-4-8-18)11(2)17(6-7-17)16(3,20)15(13)19/h9,20H,4-8,18H2,1-3H3. The zero-order valence-corrected chi connectivity index (χ0v) is 12.5. The molecule has 1 atom stereocenters. The van der Waals surface area contributed by atoms with Crippen LogP contribution in [0.2, 0.25) is 0 Å². The first-order chi connectivity index (χ1) is 9.37. The number of Topliss-reactive ketones (excluding diaryl/α,β-unsaturated/α-hetero) is 1. The molecule has 0 amide bonds. The van der Waals surface area contributed by atoms with Crippen molar-refractivity contribution in [3.8, 4) is 0 Å². The number of fused-ring (bicyclic) bond motifs is 1. The molecule has 0 aromatic rings. The van der Waals surface area contributed by atoms with Crippen LogP contribution in [0.3, 0.4) is 0 Å². The first kappa shape index (κ1) is 13.8. The summed E-state index contributed by atoms with van der Waals surface area (Å²) in [6.07, 6.45) is 5.63. The van der Waals surface area contributed by atoms with E-state index in [1.54, 1.807) is 6.92 Å². The number of hydrogen-bond acceptors (Lipinski definition) is 3. The van der Waals surface area contributed by atoms with E-state index in [1.807, 2.05) is 6.08 Å². The Balaban J connectivity index is 2.13. The number of carbonyl (C=O) groups excluding carboxylic acids is 1. The molecule has 0 bridgehead atoms. The van der Waals surface area contributed by atoms with E-state index in [0.29, 0.717) is 6.54 Å². The van der Waals surface area contributed by atoms with Gasteiger partial charge in [-0.15, -0.1) is 0 Å². The lowest BCUT2D eigenvalue weighted by atomic mass is 9.67. The minimum absolute atomic E-state index is 0.0994. The van der Waals surface area contributed by atoms with Crippen molar-refractivity contribution in [2.45, 2.75) is 52.1 Å². The van der Waals surface area contributed by atoms with E-state index in [1.165, 1.54) is 11.1 Å². The lowest BCUT2D eigenvalue weighted by molar-refractivity contribution is -0.137. The van der Waals surface area contributed by atoms with Crippen LogP contribution in [-0.2, 0) is 4.79 Å². The van der Waals surface area contributed by atoms with Crippen LogP contribution < -0.4 is 5.73 Å². The normalized spacial score (nSPS) is 31.1. The van der Waals surface area contributed by atoms with E-state index in [2.05, 4.69) is 13.8 Å². The van der Waals surface area contributed by atoms with E-state index in [-0.39, 0.29) is 11.2 Å². The maximum atomic E-state index is 12.7. The second-order valence-corrected chi connectivity index (χ2v) is 6.60. The Kier molecular flexibility index (Phi) is 2.86. The summed E-state index contributed by atoms with van der Waals surface area (Å²) in [5, 5.41) is 10.7. The molecule has 0 aromatic heterocycles. The molecule has 0 heterocycles. The molecule has 0 aromatic carbocycles. The van der Waals surface area contributed by atoms with Gasteiger partial charge in [0.2, 0.25) is 0 Å². The fourth-order valence-electron chi connectivity index (χ4n) is 4.01. The Labute approximate surface area is 120 Å². The van der Waals surface area contributed by atoms with Gasteiger partial charge in [-0.05, 0) is 75.8 Å². The van der Waals surface area contributed by atoms with E-state index in [9.17, 15) is 9.90 Å². The van der Waals surface area contributed by atoms with Crippen LogP contribution in [0, 0.1) is 5.41 Å². The quantitative estimate of drug-likeness (QED) is 0.830. The fraction of sp³-hybridized carbons (Fsp3) is 0.588. The average Bonchev–Trinajstić information content (AvgIpc) is 3.14. The van der Waals surface area contributed by atoms with Crippen molar-refractivity contribution in [3.05, 3.63) is 33.9 Å². The highest BCUT2D eigenvalue weighted by molar-refractivity contribution is 6.10. The van der Waals surface area contributed by atoms with Gasteiger partial charge in [0, 0.05) is 11.0 Å². The Morgan fingerprint density at radius 3 is 2.55 bits per heavy atom. The molecule has 0 aliphatic heterocycles. The molecule has 1 unspecified atom stereocenters. The minimum atomic E-state index is -1.24. The summed E-state index contributed by atoms with van der Waals surface area (Å²) < 4.78 is 0. The molecule has 1 fully saturated rings. The highest BCUT2D eigenvalue weighted by Gasteiger charge is 2.64. The van der Waals surface area contributed by atoms with Gasteiger partial charge >= 0.3 is 0 Å². The third-order valence-electron chi connectivity index (χ3n) is 5.50. The SMILES string of the molecule is CC1=C(CCCN)C2=C(C)C3(CC3)C(C)(O)C(=O)C2=C1. The molecule has 3 aliphatic rings. The average molecular weight is 273 g/mol. The van der Waals surface area contributed by atoms with Crippen LogP contribution in [0.4, 0.5) is 0 Å². The van der Waals surface area contributed by atoms with Crippen molar-refractivity contribution in [1.82, 2.24) is 0 Å². The van der Waals surface area contributed by atoms with Gasteiger partial charge < -0.3 is 10.8 Å². The van der Waals surface area contributed by atoms with Gasteiger partial charge in [-0.25, -0.2) is 0 Å². The molecule has 1 saturated carbocycles. The van der Waals surface area contributed by atoms with Crippen molar-refractivity contribution >= 4 is 5.78 Å². The molecule has 3 heteroatoms. The van der Waals surface area contributed by atoms with Crippen LogP contribution in [0.1, 0.15) is 46.5 Å². The molecule has 0 radical (unpaired) electrons. The number of nitrogens with two attached hydrogens (primary N) is 1. The lowest BCUT2D eigenvalue weighted by Crippen LogP contribution is -2.49. The van der Waals surface area contributed by atoms with Crippen LogP contribution in [0.5, 0.6) is 0 Å². The van der Waals surface area contributed by atoms with E-state index in [4.69, 9.17) is 5.73 Å². The third-order valence-corrected chi connectivity index (χ3v) is 5.50. The first-order valence-electron chi connectivity index (χ1n) is 7.47. The molecule has 3 aliphatic carbocycles. The molecule has 3 rings (SSSR count). The van der Waals surface area contributed by atoms with Gasteiger partial charge in [0.25, 0.3) is 0 Å². The number of ketones is 1. The smallest absolute Gasteiger partial charge is 0.195 e. The predicted molar refractivity (Wildman–Crippen MR) is 79.1 cm³/mol. The Hall–Kier alpha value is -1.19. The van der Waals surface area contributed by atoms with E-state index in [0.717, 1.165) is 42.4 Å². The first-order valence-corrected chi connectivity index (χ1v) is 7.47. The van der Waals surface area contributed by atoms with Gasteiger partial charge in [0.15, 0.2) is 5.78 Å². The van der Waals surface area contributed by atoms with Crippen molar-refractivity contribution in [3.63, 3.8) is 0 Å². The Bertz CT molecular complexity index is 586. The van der Waals surface area contributed by atoms with Gasteiger partial charge in [0.1, 0.15) is 5.60 Å². The highest BCUT2D eigenvalue weighted by Crippen LogP contribution is 2.65. The van der Waals surface area contributed by atoms with Crippen LogP contribution in [-0.4, -0.2) is 23.0 Å². The zero-order valence-electron chi connectivity index (χ0n) is 12.5. The van der Waals surface area contributed by atoms with Crippen LogP contribution in [0.25, 0.3) is 0 Å². The lowest BCUT2D eigenvalue weighted by Gasteiger charge is -2.39. The summed E-state index contributed by atoms with van der Waals surface area (Å²) in [6, 6.07) is 0. The number of carbonyl (C=O) groups is 1. The number of rotatable bonds is 3. The topological polar surface area (TPSA) is 63.3 Å². The second-order valence-electron chi connectivity index (χ2n) is 6.60. The largest absolute Gasteiger partial charge is 0.381 e. The van der Waals surface area contributed by atoms with Crippen LogP contribution in [0.15, 0.2) is 33.9 Å². The summed E-state index contributed by atoms with van der Waals surface area (Å²) in [4.78, 5) is 12.7. The van der Waals surface area contributed by atoms with Crippen molar-refractivity contribution in [1.29, 1.82) is 0 Å². The van der Waals surface area contributed by atoms with Gasteiger partial charge in [-0.3, -0.25) is 4.79 Å². The van der Waals surface area contributed by atoms with Gasteiger partial charge in [-0.2, -0.15) is 0 Å². The summed E-state index contributed by atoms with van der Waals surface area (Å²) >= 11 is 0. The van der Waals surface area contributed by atoms with E-state index < -0.39 is 5.60 Å². The molecule has 1 spiro atoms. The number of hydrogen-bond donors (Lipinski definition) is 2. The highest BCUT2D eigenvalue weighted by atomic mass is 16.3. The minimum Gasteiger partial charge on any atom is -0.381 e. The summed E-state index contributed by atoms with van der Waals surface area (Å²) in [6.45, 7) is 6.50. The summed E-state index contributed by atoms with van der Waals surface area (Å²) in [5.41, 5.74) is 9.54. The van der Waals surface area contributed by atoms with Crippen molar-refractivity contribution in [2.75, 3.05) is 6.54 Å². The van der Waals surface area contributed by atoms with Gasteiger partial charge in [0.05, 0.1) is 0 Å². The Morgan fingerprint density at radius 2 is 2.00 bits per heavy atom. The van der Waals surface area contributed by atoms with Crippen LogP contribution >= 0.6 is 0 Å². The number of allylic oxidation sites excluding steroid dienone is 4. The van der Waals surface area contributed by atoms with Gasteiger partial charge in [-0.1, -0.05) is 5.57 Å². The van der Waals surface area contributed by atoms with E-state index >= 15 is 0 Å². The monoisotopic (exact) mass is 273 g/mol. The Morgan fingerprint density at radius 1 is 1.35 bits per heavy atom. The summed E-state index contributed by atoms with van der Waals surface area (Å²) in [7, 11) is 0. The molecule has 3 N–H and O–H groups in total. The maximum absolute atomic E-state index is 12.7. The zero-order chi connectivity index (χ0) is 14.7. The molecule has 0 saturated heterocycles. The number of aliphatic hydroxyl groups is 1. The molecular weight excluding hydrogens is 250 g/mol. The molecule has 108 valence electrons. The molecule has 20 heavy (non-hydrogen) atoms. The van der Waals surface area contributed by atoms with Crippen molar-refractivity contribution in [2.24, 2.45) is 11.1 Å². The van der Waals surface area contributed by atoms with Crippen molar-refractivity contribution < 1.29 is 9.90 Å².